The minimum atomic E-state index is -0.291. The topological polar surface area (TPSA) is 84.8 Å². The van der Waals surface area contributed by atoms with Gasteiger partial charge in [0.05, 0.1) is 10.4 Å². The molecule has 0 aliphatic rings. The van der Waals surface area contributed by atoms with Crippen molar-refractivity contribution < 1.29 is 0 Å². The molecule has 0 saturated carbocycles. The summed E-state index contributed by atoms with van der Waals surface area (Å²) in [6, 6.07) is 5.46. The molecule has 19 heavy (non-hydrogen) atoms. The smallest absolute Gasteiger partial charge is 0.277 e. The monoisotopic (exact) mass is 276 g/mol. The molecule has 0 atom stereocenters. The fourth-order valence-electron chi connectivity index (χ4n) is 1.74. The SMILES string of the molecule is CCCCn1nc(-c2cccs2)cc(C(=N)N)c1=O. The summed E-state index contributed by atoms with van der Waals surface area (Å²) in [5, 5.41) is 13.8. The molecule has 2 rings (SSSR count). The molecular formula is C13H16N4OS. The zero-order valence-corrected chi connectivity index (χ0v) is 11.5. The molecule has 0 unspecified atom stereocenters. The lowest BCUT2D eigenvalue weighted by Crippen LogP contribution is -2.31. The molecule has 0 amide bonds. The molecule has 0 spiro atoms. The molecule has 2 aromatic rings. The van der Waals surface area contributed by atoms with Crippen molar-refractivity contribution >= 4 is 17.2 Å². The summed E-state index contributed by atoms with van der Waals surface area (Å²) >= 11 is 1.55. The molecular weight excluding hydrogens is 260 g/mol. The highest BCUT2D eigenvalue weighted by Gasteiger charge is 2.12. The molecule has 2 aromatic heterocycles. The summed E-state index contributed by atoms with van der Waals surface area (Å²) in [6.07, 6.45) is 1.85. The van der Waals surface area contributed by atoms with E-state index in [-0.39, 0.29) is 17.0 Å². The van der Waals surface area contributed by atoms with Crippen LogP contribution in [-0.4, -0.2) is 15.6 Å². The molecule has 5 nitrogen and oxygen atoms in total. The van der Waals surface area contributed by atoms with Crippen LogP contribution < -0.4 is 11.3 Å². The fraction of sp³-hybridized carbons (Fsp3) is 0.308. The Morgan fingerprint density at radius 3 is 2.95 bits per heavy atom. The number of nitrogens with zero attached hydrogens (tertiary/aromatic N) is 2. The number of nitrogens with one attached hydrogen (secondary N) is 1. The predicted molar refractivity (Wildman–Crippen MR) is 77.7 cm³/mol. The van der Waals surface area contributed by atoms with E-state index < -0.39 is 0 Å². The summed E-state index contributed by atoms with van der Waals surface area (Å²) in [4.78, 5) is 13.1. The van der Waals surface area contributed by atoms with Crippen LogP contribution >= 0.6 is 11.3 Å². The zero-order valence-electron chi connectivity index (χ0n) is 10.7. The Balaban J connectivity index is 2.54. The third kappa shape index (κ3) is 2.90. The summed E-state index contributed by atoms with van der Waals surface area (Å²) in [5.41, 5.74) is 6.10. The maximum Gasteiger partial charge on any atom is 0.277 e. The van der Waals surface area contributed by atoms with Gasteiger partial charge in [-0.3, -0.25) is 10.2 Å². The molecule has 0 radical (unpaired) electrons. The van der Waals surface area contributed by atoms with Crippen LogP contribution in [0.1, 0.15) is 25.3 Å². The maximum absolute atomic E-state index is 12.1. The van der Waals surface area contributed by atoms with Crippen molar-refractivity contribution in [3.05, 3.63) is 39.5 Å². The third-order valence-electron chi connectivity index (χ3n) is 2.76. The molecule has 100 valence electrons. The van der Waals surface area contributed by atoms with Crippen molar-refractivity contribution in [1.82, 2.24) is 9.78 Å². The van der Waals surface area contributed by atoms with Gasteiger partial charge in [-0.15, -0.1) is 11.3 Å². The van der Waals surface area contributed by atoms with Crippen LogP contribution in [-0.2, 0) is 6.54 Å². The number of hydrogen-bond donors (Lipinski definition) is 2. The van der Waals surface area contributed by atoms with Gasteiger partial charge in [0.25, 0.3) is 5.56 Å². The van der Waals surface area contributed by atoms with Crippen molar-refractivity contribution in [2.45, 2.75) is 26.3 Å². The van der Waals surface area contributed by atoms with Crippen LogP contribution in [0.4, 0.5) is 0 Å². The van der Waals surface area contributed by atoms with Crippen molar-refractivity contribution in [3.8, 4) is 10.6 Å². The van der Waals surface area contributed by atoms with E-state index in [0.29, 0.717) is 12.2 Å². The van der Waals surface area contributed by atoms with Gasteiger partial charge in [-0.1, -0.05) is 19.4 Å². The molecule has 2 heterocycles. The Hall–Kier alpha value is -1.95. The quantitative estimate of drug-likeness (QED) is 0.647. The Labute approximate surface area is 115 Å². The number of aromatic nitrogens is 2. The lowest BCUT2D eigenvalue weighted by Gasteiger charge is -2.08. The predicted octanol–water partition coefficient (Wildman–Crippen LogP) is 2.06. The van der Waals surface area contributed by atoms with Crippen LogP contribution in [0.3, 0.4) is 0 Å². The maximum atomic E-state index is 12.1. The highest BCUT2D eigenvalue weighted by atomic mass is 32.1. The Morgan fingerprint density at radius 2 is 2.37 bits per heavy atom. The molecule has 0 aromatic carbocycles. The van der Waals surface area contributed by atoms with Crippen molar-refractivity contribution in [2.75, 3.05) is 0 Å². The number of amidine groups is 1. The van der Waals surface area contributed by atoms with Gasteiger partial charge in [-0.2, -0.15) is 5.10 Å². The summed E-state index contributed by atoms with van der Waals surface area (Å²) in [5.74, 6) is -0.213. The van der Waals surface area contributed by atoms with Crippen LogP contribution in [0.5, 0.6) is 0 Å². The minimum Gasteiger partial charge on any atom is -0.384 e. The average Bonchev–Trinajstić information content (AvgIpc) is 2.91. The first-order valence-electron chi connectivity index (χ1n) is 6.14. The van der Waals surface area contributed by atoms with Crippen LogP contribution in [0.2, 0.25) is 0 Å². The van der Waals surface area contributed by atoms with Crippen molar-refractivity contribution in [2.24, 2.45) is 5.73 Å². The number of hydrogen-bond acceptors (Lipinski definition) is 4. The standard InChI is InChI=1S/C13H16N4OS/c1-2-3-6-17-13(18)9(12(14)15)8-10(16-17)11-5-4-7-19-11/h4-5,7-8H,2-3,6H2,1H3,(H3,14,15). The number of nitrogen functional groups attached to an aromatic ring is 1. The van der Waals surface area contributed by atoms with Gasteiger partial charge in [0, 0.05) is 6.54 Å². The first-order chi connectivity index (χ1) is 9.13. The van der Waals surface area contributed by atoms with E-state index in [9.17, 15) is 4.79 Å². The van der Waals surface area contributed by atoms with E-state index in [1.807, 2.05) is 17.5 Å². The van der Waals surface area contributed by atoms with Crippen molar-refractivity contribution in [3.63, 3.8) is 0 Å². The highest BCUT2D eigenvalue weighted by Crippen LogP contribution is 2.22. The number of rotatable bonds is 5. The van der Waals surface area contributed by atoms with Gasteiger partial charge in [0.2, 0.25) is 0 Å². The number of thiophene rings is 1. The van der Waals surface area contributed by atoms with Gasteiger partial charge in [-0.05, 0) is 23.9 Å². The molecule has 0 fully saturated rings. The highest BCUT2D eigenvalue weighted by molar-refractivity contribution is 7.13. The average molecular weight is 276 g/mol. The zero-order chi connectivity index (χ0) is 13.8. The van der Waals surface area contributed by atoms with Gasteiger partial charge >= 0.3 is 0 Å². The van der Waals surface area contributed by atoms with Crippen LogP contribution in [0.25, 0.3) is 10.6 Å². The fourth-order valence-corrected chi connectivity index (χ4v) is 2.42. The normalized spacial score (nSPS) is 10.6. The molecule has 0 aliphatic heterocycles. The van der Waals surface area contributed by atoms with Crippen molar-refractivity contribution in [1.29, 1.82) is 5.41 Å². The molecule has 6 heteroatoms. The Bertz CT molecular complexity index is 631. The molecule has 3 N–H and O–H groups in total. The minimum absolute atomic E-state index is 0.213. The number of aryl methyl sites for hydroxylation is 1. The third-order valence-corrected chi connectivity index (χ3v) is 3.65. The van der Waals surface area contributed by atoms with Gasteiger partial charge in [0.1, 0.15) is 11.5 Å². The second kappa shape index (κ2) is 5.79. The lowest BCUT2D eigenvalue weighted by molar-refractivity contribution is 0.544. The molecule has 0 aliphatic carbocycles. The van der Waals surface area contributed by atoms with E-state index in [0.717, 1.165) is 17.7 Å². The van der Waals surface area contributed by atoms with Crippen LogP contribution in [0, 0.1) is 5.41 Å². The number of nitrogens with two attached hydrogens (primary N) is 1. The molecule has 0 saturated heterocycles. The lowest BCUT2D eigenvalue weighted by atomic mass is 10.2. The van der Waals surface area contributed by atoms with Gasteiger partial charge in [-0.25, -0.2) is 4.68 Å². The summed E-state index contributed by atoms with van der Waals surface area (Å²) < 4.78 is 1.41. The largest absolute Gasteiger partial charge is 0.384 e. The van der Waals surface area contributed by atoms with Gasteiger partial charge < -0.3 is 5.73 Å². The first-order valence-corrected chi connectivity index (χ1v) is 7.02. The van der Waals surface area contributed by atoms with E-state index in [2.05, 4.69) is 12.0 Å². The Kier molecular flexibility index (Phi) is 4.11. The van der Waals surface area contributed by atoms with E-state index in [1.165, 1.54) is 4.68 Å². The second-order valence-corrected chi connectivity index (χ2v) is 5.16. The summed E-state index contributed by atoms with van der Waals surface area (Å²) in [6.45, 7) is 2.61. The van der Waals surface area contributed by atoms with Gasteiger partial charge in [0.15, 0.2) is 0 Å². The van der Waals surface area contributed by atoms with Crippen LogP contribution in [0.15, 0.2) is 28.4 Å². The van der Waals surface area contributed by atoms with E-state index in [1.54, 1.807) is 17.4 Å². The summed E-state index contributed by atoms with van der Waals surface area (Å²) in [7, 11) is 0. The van der Waals surface area contributed by atoms with E-state index in [4.69, 9.17) is 11.1 Å². The first kappa shape index (κ1) is 13.5. The second-order valence-electron chi connectivity index (χ2n) is 4.22. The molecule has 0 bridgehead atoms. The van der Waals surface area contributed by atoms with E-state index >= 15 is 0 Å². The Morgan fingerprint density at radius 1 is 1.58 bits per heavy atom. The number of unbranched alkanes of at least 4 members (excludes halogenated alkanes) is 1.